The van der Waals surface area contributed by atoms with Crippen molar-refractivity contribution in [3.05, 3.63) is 58.4 Å². The number of halogens is 2. The standard InChI is InChI=1S/C18H16ClFN2O2/c1-11(23)22-9-3-4-12-7-8-13(10-16(12)22)21-18(24)17-14(19)5-2-6-15(17)20/h2,5-8,10H,3-4,9H2,1H3,(H,21,24). The minimum Gasteiger partial charge on any atom is -0.322 e. The minimum absolute atomic E-state index is 0.0448. The van der Waals surface area contributed by atoms with Gasteiger partial charge in [-0.15, -0.1) is 0 Å². The first-order valence-electron chi connectivity index (χ1n) is 7.64. The smallest absolute Gasteiger partial charge is 0.260 e. The van der Waals surface area contributed by atoms with Gasteiger partial charge in [-0.3, -0.25) is 9.59 Å². The van der Waals surface area contributed by atoms with Gasteiger partial charge in [0.2, 0.25) is 5.91 Å². The second-order valence-corrected chi connectivity index (χ2v) is 6.08. The predicted molar refractivity (Wildman–Crippen MR) is 92.2 cm³/mol. The first-order chi connectivity index (χ1) is 11.5. The molecule has 0 saturated heterocycles. The van der Waals surface area contributed by atoms with Crippen LogP contribution in [0.1, 0.15) is 29.3 Å². The van der Waals surface area contributed by atoms with E-state index < -0.39 is 11.7 Å². The zero-order valence-electron chi connectivity index (χ0n) is 13.1. The topological polar surface area (TPSA) is 49.4 Å². The van der Waals surface area contributed by atoms with Crippen molar-refractivity contribution in [3.63, 3.8) is 0 Å². The van der Waals surface area contributed by atoms with Crippen molar-refractivity contribution in [2.45, 2.75) is 19.8 Å². The van der Waals surface area contributed by atoms with E-state index in [1.54, 1.807) is 17.0 Å². The molecule has 124 valence electrons. The highest BCUT2D eigenvalue weighted by atomic mass is 35.5. The van der Waals surface area contributed by atoms with Gasteiger partial charge in [0.25, 0.3) is 5.91 Å². The Balaban J connectivity index is 1.90. The molecule has 0 radical (unpaired) electrons. The summed E-state index contributed by atoms with van der Waals surface area (Å²) in [6.07, 6.45) is 1.79. The molecule has 6 heteroatoms. The molecular formula is C18H16ClFN2O2. The zero-order chi connectivity index (χ0) is 17.3. The zero-order valence-corrected chi connectivity index (χ0v) is 13.9. The monoisotopic (exact) mass is 346 g/mol. The van der Waals surface area contributed by atoms with Crippen LogP contribution in [0.25, 0.3) is 0 Å². The number of nitrogens with one attached hydrogen (secondary N) is 1. The lowest BCUT2D eigenvalue weighted by molar-refractivity contribution is -0.116. The molecule has 2 aromatic carbocycles. The van der Waals surface area contributed by atoms with Crippen LogP contribution in [-0.2, 0) is 11.2 Å². The molecule has 0 spiro atoms. The fourth-order valence-electron chi connectivity index (χ4n) is 2.89. The molecule has 0 saturated carbocycles. The third-order valence-electron chi connectivity index (χ3n) is 4.03. The number of fused-ring (bicyclic) bond motifs is 1. The van der Waals surface area contributed by atoms with E-state index in [-0.39, 0.29) is 16.5 Å². The van der Waals surface area contributed by atoms with Gasteiger partial charge in [-0.05, 0) is 42.7 Å². The first-order valence-corrected chi connectivity index (χ1v) is 8.01. The predicted octanol–water partition coefficient (Wildman–Crippen LogP) is 4.03. The molecular weight excluding hydrogens is 331 g/mol. The normalized spacial score (nSPS) is 13.4. The van der Waals surface area contributed by atoms with Crippen molar-refractivity contribution in [2.24, 2.45) is 0 Å². The summed E-state index contributed by atoms with van der Waals surface area (Å²) >= 11 is 5.92. The van der Waals surface area contributed by atoms with Crippen molar-refractivity contribution in [1.82, 2.24) is 0 Å². The molecule has 2 amide bonds. The molecule has 0 aromatic heterocycles. The van der Waals surface area contributed by atoms with Crippen molar-refractivity contribution in [1.29, 1.82) is 0 Å². The number of benzene rings is 2. The second-order valence-electron chi connectivity index (χ2n) is 5.67. The highest BCUT2D eigenvalue weighted by Crippen LogP contribution is 2.30. The molecule has 0 atom stereocenters. The lowest BCUT2D eigenvalue weighted by Gasteiger charge is -2.29. The summed E-state index contributed by atoms with van der Waals surface area (Å²) < 4.78 is 13.8. The van der Waals surface area contributed by atoms with Crippen molar-refractivity contribution >= 4 is 34.8 Å². The first kappa shape index (κ1) is 16.5. The van der Waals surface area contributed by atoms with Gasteiger partial charge in [0, 0.05) is 24.8 Å². The van der Waals surface area contributed by atoms with Gasteiger partial charge >= 0.3 is 0 Å². The Labute approximate surface area is 144 Å². The lowest BCUT2D eigenvalue weighted by Crippen LogP contribution is -2.33. The van der Waals surface area contributed by atoms with E-state index >= 15 is 0 Å². The Morgan fingerprint density at radius 3 is 2.75 bits per heavy atom. The number of aryl methyl sites for hydroxylation is 1. The van der Waals surface area contributed by atoms with Crippen molar-refractivity contribution < 1.29 is 14.0 Å². The van der Waals surface area contributed by atoms with E-state index in [9.17, 15) is 14.0 Å². The third kappa shape index (κ3) is 3.12. The Morgan fingerprint density at radius 1 is 1.25 bits per heavy atom. The van der Waals surface area contributed by atoms with Gasteiger partial charge in [0.1, 0.15) is 5.82 Å². The Morgan fingerprint density at radius 2 is 2.04 bits per heavy atom. The molecule has 0 fully saturated rings. The van der Waals surface area contributed by atoms with Crippen LogP contribution in [0.4, 0.5) is 15.8 Å². The SMILES string of the molecule is CC(=O)N1CCCc2ccc(NC(=O)c3c(F)cccc3Cl)cc21. The largest absolute Gasteiger partial charge is 0.322 e. The van der Waals surface area contributed by atoms with Crippen LogP contribution >= 0.6 is 11.6 Å². The third-order valence-corrected chi connectivity index (χ3v) is 4.35. The molecule has 0 unspecified atom stereocenters. The number of hydrogen-bond acceptors (Lipinski definition) is 2. The average molecular weight is 347 g/mol. The maximum Gasteiger partial charge on any atom is 0.260 e. The summed E-state index contributed by atoms with van der Waals surface area (Å²) in [7, 11) is 0. The Kier molecular flexibility index (Phi) is 4.53. The number of rotatable bonds is 2. The molecule has 1 heterocycles. The molecule has 1 aliphatic heterocycles. The molecule has 0 bridgehead atoms. The second kappa shape index (κ2) is 6.61. The van der Waals surface area contributed by atoms with Gasteiger partial charge < -0.3 is 10.2 Å². The van der Waals surface area contributed by atoms with Crippen molar-refractivity contribution in [3.8, 4) is 0 Å². The van der Waals surface area contributed by atoms with E-state index in [2.05, 4.69) is 5.32 Å². The highest BCUT2D eigenvalue weighted by molar-refractivity contribution is 6.34. The van der Waals surface area contributed by atoms with E-state index in [0.29, 0.717) is 12.2 Å². The minimum atomic E-state index is -0.677. The maximum atomic E-state index is 13.8. The summed E-state index contributed by atoms with van der Waals surface area (Å²) in [5.74, 6) is -1.34. The summed E-state index contributed by atoms with van der Waals surface area (Å²) in [4.78, 5) is 25.8. The van der Waals surface area contributed by atoms with E-state index in [1.807, 2.05) is 6.07 Å². The number of carbonyl (C=O) groups excluding carboxylic acids is 2. The molecule has 2 aromatic rings. The van der Waals surface area contributed by atoms with Crippen LogP contribution in [-0.4, -0.2) is 18.4 Å². The lowest BCUT2D eigenvalue weighted by atomic mass is 10.0. The van der Waals surface area contributed by atoms with Gasteiger partial charge in [-0.2, -0.15) is 0 Å². The van der Waals surface area contributed by atoms with Crippen LogP contribution in [0, 0.1) is 5.82 Å². The van der Waals surface area contributed by atoms with Crippen LogP contribution < -0.4 is 10.2 Å². The van der Waals surface area contributed by atoms with Crippen LogP contribution in [0.3, 0.4) is 0 Å². The number of hydrogen-bond donors (Lipinski definition) is 1. The molecule has 24 heavy (non-hydrogen) atoms. The molecule has 0 aliphatic carbocycles. The number of amides is 2. The molecule has 1 aliphatic rings. The number of carbonyl (C=O) groups is 2. The Bertz CT molecular complexity index is 802. The summed E-state index contributed by atoms with van der Waals surface area (Å²) in [6, 6.07) is 9.45. The molecule has 4 nitrogen and oxygen atoms in total. The van der Waals surface area contributed by atoms with Gasteiger partial charge in [0.05, 0.1) is 10.6 Å². The Hall–Kier alpha value is -2.40. The maximum absolute atomic E-state index is 13.8. The average Bonchev–Trinajstić information content (AvgIpc) is 2.53. The van der Waals surface area contributed by atoms with E-state index in [0.717, 1.165) is 24.1 Å². The van der Waals surface area contributed by atoms with Crippen LogP contribution in [0.2, 0.25) is 5.02 Å². The quantitative estimate of drug-likeness (QED) is 0.892. The van der Waals surface area contributed by atoms with Gasteiger partial charge in [0.15, 0.2) is 0 Å². The van der Waals surface area contributed by atoms with E-state index in [4.69, 9.17) is 11.6 Å². The fourth-order valence-corrected chi connectivity index (χ4v) is 3.14. The number of anilines is 2. The fraction of sp³-hybridized carbons (Fsp3) is 0.222. The molecule has 3 rings (SSSR count). The van der Waals surface area contributed by atoms with Crippen molar-refractivity contribution in [2.75, 3.05) is 16.8 Å². The molecule has 1 N–H and O–H groups in total. The van der Waals surface area contributed by atoms with Gasteiger partial charge in [-0.25, -0.2) is 4.39 Å². The highest BCUT2D eigenvalue weighted by Gasteiger charge is 2.21. The van der Waals surface area contributed by atoms with Crippen LogP contribution in [0.15, 0.2) is 36.4 Å². The summed E-state index contributed by atoms with van der Waals surface area (Å²) in [6.45, 7) is 2.17. The van der Waals surface area contributed by atoms with E-state index in [1.165, 1.54) is 25.1 Å². The summed E-state index contributed by atoms with van der Waals surface area (Å²) in [5, 5.41) is 2.70. The van der Waals surface area contributed by atoms with Gasteiger partial charge in [-0.1, -0.05) is 23.7 Å². The number of nitrogens with zero attached hydrogens (tertiary/aromatic N) is 1. The summed E-state index contributed by atoms with van der Waals surface area (Å²) in [5.41, 5.74) is 2.14. The van der Waals surface area contributed by atoms with Crippen LogP contribution in [0.5, 0.6) is 0 Å².